The number of anilines is 1. The molecule has 2 aromatic rings. The van der Waals surface area contributed by atoms with Crippen LogP contribution in [-0.2, 0) is 23.8 Å². The number of carbonyl (C=O) groups is 1. The monoisotopic (exact) mass is 482 g/mol. The molecule has 2 aromatic carbocycles. The summed E-state index contributed by atoms with van der Waals surface area (Å²) in [7, 11) is 1.80. The van der Waals surface area contributed by atoms with Crippen LogP contribution in [0.3, 0.4) is 0 Å². The zero-order valence-electron chi connectivity index (χ0n) is 18.2. The topological polar surface area (TPSA) is 79.5 Å². The largest absolute Gasteiger partial charge is 0.419 e. The van der Waals surface area contributed by atoms with Crippen LogP contribution in [0.25, 0.3) is 4.91 Å². The Bertz CT molecular complexity index is 1010. The van der Waals surface area contributed by atoms with E-state index in [2.05, 4.69) is 15.6 Å². The van der Waals surface area contributed by atoms with E-state index in [1.807, 2.05) is 24.5 Å². The summed E-state index contributed by atoms with van der Waals surface area (Å²) in [6.45, 7) is 0.207. The van der Waals surface area contributed by atoms with Gasteiger partial charge in [0.25, 0.3) is 0 Å². The second kappa shape index (κ2) is 12.4. The zero-order valence-corrected chi connectivity index (χ0v) is 19.1. The maximum absolute atomic E-state index is 13.7. The fourth-order valence-electron chi connectivity index (χ4n) is 3.15. The van der Waals surface area contributed by atoms with Gasteiger partial charge in [0.05, 0.1) is 18.4 Å². The van der Waals surface area contributed by atoms with Gasteiger partial charge in [0.2, 0.25) is 0 Å². The molecular formula is C23H26F4N4OS. The summed E-state index contributed by atoms with van der Waals surface area (Å²) in [6, 6.07) is 8.12. The number of aldehydes is 1. The highest BCUT2D eigenvalue weighted by Crippen LogP contribution is 2.31. The van der Waals surface area contributed by atoms with E-state index < -0.39 is 23.6 Å². The van der Waals surface area contributed by atoms with Crippen LogP contribution in [0.2, 0.25) is 0 Å². The van der Waals surface area contributed by atoms with E-state index in [4.69, 9.17) is 5.73 Å². The number of nitrogens with zero attached hydrogens (tertiary/aromatic N) is 1. The minimum atomic E-state index is -4.73. The van der Waals surface area contributed by atoms with Crippen molar-refractivity contribution in [2.75, 3.05) is 25.2 Å². The normalized spacial score (nSPS) is 13.2. The van der Waals surface area contributed by atoms with Gasteiger partial charge in [-0.2, -0.15) is 13.2 Å². The maximum atomic E-state index is 13.7. The van der Waals surface area contributed by atoms with Crippen LogP contribution in [0.5, 0.6) is 0 Å². The van der Waals surface area contributed by atoms with E-state index in [1.165, 1.54) is 24.2 Å². The fourth-order valence-corrected chi connectivity index (χ4v) is 3.69. The fraction of sp³-hybridized carbons (Fsp3) is 0.304. The quantitative estimate of drug-likeness (QED) is 0.191. The Labute approximate surface area is 194 Å². The SMILES string of the molecule is CNc1ccc(/C(=C/NC=NCC(N)Cc2ccc(C(F)(F)F)c(F)c2)SC)cc1CC=O. The lowest BCUT2D eigenvalue weighted by atomic mass is 10.0. The lowest BCUT2D eigenvalue weighted by molar-refractivity contribution is -0.140. The van der Waals surface area contributed by atoms with Gasteiger partial charge in [-0.25, -0.2) is 4.39 Å². The number of rotatable bonds is 11. The average Bonchev–Trinajstić information content (AvgIpc) is 2.75. The van der Waals surface area contributed by atoms with Crippen molar-refractivity contribution in [3.8, 4) is 0 Å². The second-order valence-electron chi connectivity index (χ2n) is 7.14. The van der Waals surface area contributed by atoms with Crippen molar-refractivity contribution in [1.29, 1.82) is 0 Å². The number of nitrogens with two attached hydrogens (primary N) is 1. The van der Waals surface area contributed by atoms with Crippen molar-refractivity contribution in [1.82, 2.24) is 5.32 Å². The molecule has 0 saturated heterocycles. The van der Waals surface area contributed by atoms with E-state index in [0.29, 0.717) is 12.0 Å². The van der Waals surface area contributed by atoms with Gasteiger partial charge in [0, 0.05) is 36.3 Å². The van der Waals surface area contributed by atoms with E-state index in [0.717, 1.165) is 40.1 Å². The molecule has 0 saturated carbocycles. The molecule has 178 valence electrons. The van der Waals surface area contributed by atoms with E-state index in [-0.39, 0.29) is 13.0 Å². The van der Waals surface area contributed by atoms with Gasteiger partial charge in [-0.05, 0) is 53.6 Å². The zero-order chi connectivity index (χ0) is 24.4. The number of thioether (sulfide) groups is 1. The Morgan fingerprint density at radius 3 is 2.61 bits per heavy atom. The van der Waals surface area contributed by atoms with Gasteiger partial charge in [-0.3, -0.25) is 4.99 Å². The van der Waals surface area contributed by atoms with E-state index in [9.17, 15) is 22.4 Å². The predicted octanol–water partition coefficient (Wildman–Crippen LogP) is 4.48. The molecular weight excluding hydrogens is 456 g/mol. The van der Waals surface area contributed by atoms with E-state index in [1.54, 1.807) is 13.2 Å². The smallest absolute Gasteiger partial charge is 0.388 e. The van der Waals surface area contributed by atoms with Crippen molar-refractivity contribution < 1.29 is 22.4 Å². The Hall–Kier alpha value is -2.85. The van der Waals surface area contributed by atoms with Gasteiger partial charge in [0.15, 0.2) is 0 Å². The number of aliphatic imine (C=N–C) groups is 1. The van der Waals surface area contributed by atoms with Crippen molar-refractivity contribution in [2.24, 2.45) is 10.7 Å². The van der Waals surface area contributed by atoms with Crippen molar-refractivity contribution in [2.45, 2.75) is 25.1 Å². The van der Waals surface area contributed by atoms with Gasteiger partial charge < -0.3 is 21.2 Å². The van der Waals surface area contributed by atoms with Gasteiger partial charge >= 0.3 is 6.18 Å². The third-order valence-electron chi connectivity index (χ3n) is 4.74. The summed E-state index contributed by atoms with van der Waals surface area (Å²) in [6.07, 6.45) is 1.79. The molecule has 0 aliphatic carbocycles. The second-order valence-corrected chi connectivity index (χ2v) is 7.99. The number of hydrogen-bond donors (Lipinski definition) is 3. The Morgan fingerprint density at radius 2 is 2.00 bits per heavy atom. The van der Waals surface area contributed by atoms with Crippen LogP contribution in [0.15, 0.2) is 47.6 Å². The van der Waals surface area contributed by atoms with Gasteiger partial charge in [0.1, 0.15) is 12.1 Å². The number of carbonyl (C=O) groups excluding carboxylic acids is 1. The van der Waals surface area contributed by atoms with Crippen molar-refractivity contribution >= 4 is 35.0 Å². The van der Waals surface area contributed by atoms with E-state index >= 15 is 0 Å². The molecule has 33 heavy (non-hydrogen) atoms. The van der Waals surface area contributed by atoms with Crippen LogP contribution in [0.1, 0.15) is 22.3 Å². The van der Waals surface area contributed by atoms with Crippen molar-refractivity contribution in [3.63, 3.8) is 0 Å². The highest BCUT2D eigenvalue weighted by molar-refractivity contribution is 8.07. The maximum Gasteiger partial charge on any atom is 0.419 e. The van der Waals surface area contributed by atoms with Crippen LogP contribution in [-0.4, -0.2) is 38.5 Å². The minimum Gasteiger partial charge on any atom is -0.388 e. The molecule has 0 radical (unpaired) electrons. The molecule has 5 nitrogen and oxygen atoms in total. The Morgan fingerprint density at radius 1 is 1.24 bits per heavy atom. The molecule has 2 rings (SSSR count). The summed E-state index contributed by atoms with van der Waals surface area (Å²) in [5.74, 6) is -1.31. The lowest BCUT2D eigenvalue weighted by Gasteiger charge is -2.12. The van der Waals surface area contributed by atoms with Crippen LogP contribution < -0.4 is 16.4 Å². The number of nitrogens with one attached hydrogen (secondary N) is 2. The first kappa shape index (κ1) is 26.4. The standard InChI is InChI=1S/C23H26F4N4OS/c1-29-21-6-4-17(11-16(21)7-8-32)22(33-2)13-31-14-30-12-18(28)9-15-3-5-19(20(24)10-15)23(25,26)27/h3-6,8,10-11,13-14,18,29H,7,9,12,28H2,1-2H3,(H,30,31)/b22-13-. The number of hydrogen-bond acceptors (Lipinski definition) is 5. The molecule has 10 heteroatoms. The average molecular weight is 483 g/mol. The Kier molecular flexibility index (Phi) is 9.93. The molecule has 0 amide bonds. The highest BCUT2D eigenvalue weighted by atomic mass is 32.2. The third-order valence-corrected chi connectivity index (χ3v) is 5.53. The first-order valence-corrected chi connectivity index (χ1v) is 11.3. The summed E-state index contributed by atoms with van der Waals surface area (Å²) in [4.78, 5) is 16.0. The highest BCUT2D eigenvalue weighted by Gasteiger charge is 2.33. The van der Waals surface area contributed by atoms with Crippen LogP contribution in [0.4, 0.5) is 23.2 Å². The molecule has 0 fully saturated rings. The summed E-state index contributed by atoms with van der Waals surface area (Å²) >= 11 is 1.52. The van der Waals surface area contributed by atoms with Crippen LogP contribution >= 0.6 is 11.8 Å². The molecule has 0 aromatic heterocycles. The minimum absolute atomic E-state index is 0.190. The molecule has 1 unspecified atom stereocenters. The summed E-state index contributed by atoms with van der Waals surface area (Å²) in [5, 5.41) is 6.03. The molecule has 4 N–H and O–H groups in total. The lowest BCUT2D eigenvalue weighted by Crippen LogP contribution is -2.26. The number of benzene rings is 2. The number of halogens is 4. The number of alkyl halides is 3. The molecule has 1 atom stereocenters. The first-order chi connectivity index (χ1) is 15.7. The molecule has 0 heterocycles. The molecule has 0 aliphatic rings. The Balaban J connectivity index is 1.94. The molecule has 0 spiro atoms. The first-order valence-electron chi connectivity index (χ1n) is 10.0. The summed E-state index contributed by atoms with van der Waals surface area (Å²) in [5.41, 5.74) is 7.78. The van der Waals surface area contributed by atoms with Crippen molar-refractivity contribution in [3.05, 3.63) is 70.7 Å². The van der Waals surface area contributed by atoms with Gasteiger partial charge in [-0.15, -0.1) is 11.8 Å². The van der Waals surface area contributed by atoms with Gasteiger partial charge in [-0.1, -0.05) is 12.1 Å². The summed E-state index contributed by atoms with van der Waals surface area (Å²) < 4.78 is 51.6. The molecule has 0 aliphatic heterocycles. The predicted molar refractivity (Wildman–Crippen MR) is 127 cm³/mol. The molecule has 0 bridgehead atoms. The third kappa shape index (κ3) is 7.90. The van der Waals surface area contributed by atoms with Crippen LogP contribution in [0, 0.1) is 5.82 Å².